The zero-order chi connectivity index (χ0) is 24.7. The second-order valence-corrected chi connectivity index (χ2v) is 11.2. The highest BCUT2D eigenvalue weighted by Crippen LogP contribution is 2.32. The molecule has 36 heavy (non-hydrogen) atoms. The fraction of sp³-hybridized carbons (Fsp3) is 0.192. The molecule has 0 bridgehead atoms. The number of sulfonamides is 1. The van der Waals surface area contributed by atoms with Gasteiger partial charge >= 0.3 is 0 Å². The van der Waals surface area contributed by atoms with Crippen molar-refractivity contribution in [2.24, 2.45) is 0 Å². The number of nitrogens with zero attached hydrogens (tertiary/aromatic N) is 6. The monoisotopic (exact) mass is 518 g/mol. The van der Waals surface area contributed by atoms with Crippen molar-refractivity contribution in [3.8, 4) is 22.6 Å². The third-order valence-electron chi connectivity index (χ3n) is 6.40. The molecule has 2 aromatic carbocycles. The number of pyridine rings is 1. The summed E-state index contributed by atoms with van der Waals surface area (Å²) in [5.41, 5.74) is 4.99. The highest BCUT2D eigenvalue weighted by Gasteiger charge is 2.27. The molecule has 182 valence electrons. The number of rotatable bonds is 6. The quantitative estimate of drug-likeness (QED) is 0.324. The molecule has 5 aromatic rings. The Kier molecular flexibility index (Phi) is 5.83. The maximum absolute atomic E-state index is 12.8. The molecule has 1 saturated heterocycles. The molecule has 0 atom stereocenters. The van der Waals surface area contributed by atoms with Crippen LogP contribution in [-0.2, 0) is 16.6 Å². The summed E-state index contributed by atoms with van der Waals surface area (Å²) >= 11 is 6.10. The Labute approximate surface area is 213 Å². The van der Waals surface area contributed by atoms with Crippen LogP contribution in [0.2, 0.25) is 5.02 Å². The molecule has 0 amide bonds. The van der Waals surface area contributed by atoms with Crippen LogP contribution in [0.3, 0.4) is 0 Å². The van der Waals surface area contributed by atoms with E-state index in [1.165, 1.54) is 0 Å². The summed E-state index contributed by atoms with van der Waals surface area (Å²) in [5.74, 6) is 0. The average molecular weight is 519 g/mol. The maximum Gasteiger partial charge on any atom is 0.243 e. The number of aromatic nitrogens is 5. The van der Waals surface area contributed by atoms with Gasteiger partial charge < -0.3 is 0 Å². The Balaban J connectivity index is 1.30. The molecule has 0 saturated carbocycles. The summed E-state index contributed by atoms with van der Waals surface area (Å²) in [4.78, 5) is 5.15. The van der Waals surface area contributed by atoms with E-state index in [1.807, 2.05) is 71.4 Å². The van der Waals surface area contributed by atoms with Gasteiger partial charge in [-0.05, 0) is 54.8 Å². The van der Waals surface area contributed by atoms with E-state index in [2.05, 4.69) is 10.3 Å². The smallest absolute Gasteiger partial charge is 0.243 e. The van der Waals surface area contributed by atoms with Crippen LogP contribution in [0, 0.1) is 0 Å². The number of benzene rings is 2. The summed E-state index contributed by atoms with van der Waals surface area (Å²) in [6, 6.07) is 20.4. The fourth-order valence-electron chi connectivity index (χ4n) is 4.57. The van der Waals surface area contributed by atoms with Gasteiger partial charge in [-0.25, -0.2) is 18.1 Å². The molecule has 6 rings (SSSR count). The molecule has 0 aliphatic carbocycles. The minimum absolute atomic E-state index is 0.325. The summed E-state index contributed by atoms with van der Waals surface area (Å²) in [7, 11) is -3.43. The van der Waals surface area contributed by atoms with E-state index in [1.54, 1.807) is 21.1 Å². The lowest BCUT2D eigenvalue weighted by atomic mass is 10.1. The Morgan fingerprint density at radius 1 is 0.917 bits per heavy atom. The first kappa shape index (κ1) is 22.9. The standard InChI is InChI=1S/C26H23ClN6O2S/c27-21-10-8-20(9-11-21)25-26(33-16-2-1-5-24(33)28-25)23-18-31(30-29-23)17-19-6-12-22(13-7-19)36(34,35)32-14-3-4-15-32/h1-2,5-13,16,18H,3-4,14-15,17H2. The van der Waals surface area contributed by atoms with Crippen LogP contribution in [0.5, 0.6) is 0 Å². The third kappa shape index (κ3) is 4.19. The van der Waals surface area contributed by atoms with Crippen molar-refractivity contribution in [2.45, 2.75) is 24.3 Å². The van der Waals surface area contributed by atoms with E-state index in [4.69, 9.17) is 16.6 Å². The van der Waals surface area contributed by atoms with Gasteiger partial charge in [-0.1, -0.05) is 47.1 Å². The van der Waals surface area contributed by atoms with Crippen molar-refractivity contribution in [1.82, 2.24) is 28.7 Å². The van der Waals surface area contributed by atoms with E-state index in [9.17, 15) is 8.42 Å². The van der Waals surface area contributed by atoms with Gasteiger partial charge in [0.05, 0.1) is 23.3 Å². The van der Waals surface area contributed by atoms with Gasteiger partial charge in [-0.3, -0.25) is 4.40 Å². The predicted molar refractivity (Wildman–Crippen MR) is 138 cm³/mol. The molecule has 1 fully saturated rings. The van der Waals surface area contributed by atoms with Gasteiger partial charge in [0.15, 0.2) is 0 Å². The SMILES string of the molecule is O=S(=O)(c1ccc(Cn2cc(-c3c(-c4ccc(Cl)cc4)nc4ccccn34)nn2)cc1)N1CCCC1. The average Bonchev–Trinajstić information content (AvgIpc) is 3.65. The van der Waals surface area contributed by atoms with E-state index >= 15 is 0 Å². The lowest BCUT2D eigenvalue weighted by Crippen LogP contribution is -2.27. The molecule has 8 nitrogen and oxygen atoms in total. The molecule has 4 heterocycles. The third-order valence-corrected chi connectivity index (χ3v) is 8.56. The van der Waals surface area contributed by atoms with Gasteiger partial charge in [0.1, 0.15) is 17.0 Å². The molecule has 0 unspecified atom stereocenters. The lowest BCUT2D eigenvalue weighted by Gasteiger charge is -2.15. The molecule has 0 N–H and O–H groups in total. The van der Waals surface area contributed by atoms with E-state index in [0.717, 1.165) is 41.0 Å². The molecule has 10 heteroatoms. The maximum atomic E-state index is 12.8. The first-order valence-electron chi connectivity index (χ1n) is 11.7. The minimum atomic E-state index is -3.43. The van der Waals surface area contributed by atoms with Crippen molar-refractivity contribution >= 4 is 27.3 Å². The lowest BCUT2D eigenvalue weighted by molar-refractivity contribution is 0.477. The first-order valence-corrected chi connectivity index (χ1v) is 13.5. The van der Waals surface area contributed by atoms with Gasteiger partial charge in [0.25, 0.3) is 0 Å². The first-order chi connectivity index (χ1) is 17.5. The van der Waals surface area contributed by atoms with Crippen molar-refractivity contribution < 1.29 is 8.42 Å². The summed E-state index contributed by atoms with van der Waals surface area (Å²) < 4.78 is 30.9. The second kappa shape index (κ2) is 9.16. The van der Waals surface area contributed by atoms with Gasteiger partial charge in [-0.15, -0.1) is 5.10 Å². The van der Waals surface area contributed by atoms with Crippen LogP contribution in [0.25, 0.3) is 28.3 Å². The van der Waals surface area contributed by atoms with Crippen LogP contribution in [0.15, 0.2) is 84.0 Å². The van der Waals surface area contributed by atoms with Gasteiger partial charge in [0.2, 0.25) is 10.0 Å². The highest BCUT2D eigenvalue weighted by molar-refractivity contribution is 7.89. The van der Waals surface area contributed by atoms with Crippen LogP contribution >= 0.6 is 11.6 Å². The predicted octanol–water partition coefficient (Wildman–Crippen LogP) is 4.75. The molecule has 1 aliphatic rings. The number of fused-ring (bicyclic) bond motifs is 1. The fourth-order valence-corrected chi connectivity index (χ4v) is 6.21. The Morgan fingerprint density at radius 3 is 2.42 bits per heavy atom. The summed E-state index contributed by atoms with van der Waals surface area (Å²) in [5, 5.41) is 9.44. The highest BCUT2D eigenvalue weighted by atomic mass is 35.5. The van der Waals surface area contributed by atoms with Crippen LogP contribution in [0.4, 0.5) is 0 Å². The molecule has 1 aliphatic heterocycles. The summed E-state index contributed by atoms with van der Waals surface area (Å²) in [6.45, 7) is 1.64. The zero-order valence-corrected chi connectivity index (χ0v) is 20.9. The van der Waals surface area contributed by atoms with Crippen molar-refractivity contribution in [3.63, 3.8) is 0 Å². The molecule has 3 aromatic heterocycles. The van der Waals surface area contributed by atoms with Crippen LogP contribution in [-0.4, -0.2) is 50.2 Å². The molecular weight excluding hydrogens is 496 g/mol. The Hall–Kier alpha value is -3.53. The number of halogens is 1. The van der Waals surface area contributed by atoms with Crippen LogP contribution in [0.1, 0.15) is 18.4 Å². The number of hydrogen-bond donors (Lipinski definition) is 0. The van der Waals surface area contributed by atoms with Gasteiger partial charge in [0, 0.05) is 29.9 Å². The van der Waals surface area contributed by atoms with Crippen molar-refractivity contribution in [3.05, 3.63) is 89.7 Å². The minimum Gasteiger partial charge on any atom is -0.298 e. The Morgan fingerprint density at radius 2 is 1.67 bits per heavy atom. The molecular formula is C26H23ClN6O2S. The van der Waals surface area contributed by atoms with Crippen LogP contribution < -0.4 is 0 Å². The van der Waals surface area contributed by atoms with E-state index in [-0.39, 0.29) is 0 Å². The Bertz CT molecular complexity index is 1640. The molecule has 0 radical (unpaired) electrons. The van der Waals surface area contributed by atoms with Crippen molar-refractivity contribution in [1.29, 1.82) is 0 Å². The van der Waals surface area contributed by atoms with Crippen molar-refractivity contribution in [2.75, 3.05) is 13.1 Å². The topological polar surface area (TPSA) is 85.4 Å². The zero-order valence-electron chi connectivity index (χ0n) is 19.3. The second-order valence-electron chi connectivity index (χ2n) is 8.80. The van der Waals surface area contributed by atoms with E-state index in [0.29, 0.717) is 35.2 Å². The number of hydrogen-bond acceptors (Lipinski definition) is 5. The van der Waals surface area contributed by atoms with Gasteiger partial charge in [-0.2, -0.15) is 4.31 Å². The number of imidazole rings is 1. The molecule has 0 spiro atoms. The largest absolute Gasteiger partial charge is 0.298 e. The normalized spacial score (nSPS) is 14.6. The summed E-state index contributed by atoms with van der Waals surface area (Å²) in [6.07, 6.45) is 5.66. The van der Waals surface area contributed by atoms with E-state index < -0.39 is 10.0 Å².